The average molecular weight is 127 g/mol. The third-order valence-corrected chi connectivity index (χ3v) is 1.10. The van der Waals surface area contributed by atoms with Crippen LogP contribution in [0.4, 0.5) is 0 Å². The summed E-state index contributed by atoms with van der Waals surface area (Å²) < 4.78 is 0. The molecule has 0 saturated heterocycles. The van der Waals surface area contributed by atoms with Crippen molar-refractivity contribution in [2.45, 2.75) is 13.8 Å². The van der Waals surface area contributed by atoms with E-state index in [-0.39, 0.29) is 0 Å². The molecular weight excluding hydrogens is 118 g/mol. The average Bonchev–Trinajstić information content (AvgIpc) is 1.66. The Labute approximate surface area is 54.4 Å². The van der Waals surface area contributed by atoms with Crippen LogP contribution < -0.4 is 0 Å². The van der Waals surface area contributed by atoms with Gasteiger partial charge in [-0.15, -0.1) is 0 Å². The van der Waals surface area contributed by atoms with Crippen molar-refractivity contribution in [2.75, 3.05) is 5.75 Å². The van der Waals surface area contributed by atoms with E-state index < -0.39 is 0 Å². The lowest BCUT2D eigenvalue weighted by Crippen LogP contribution is -1.68. The third kappa shape index (κ3) is 5.58. The van der Waals surface area contributed by atoms with Crippen molar-refractivity contribution in [2.24, 2.45) is 0 Å². The van der Waals surface area contributed by atoms with E-state index in [4.69, 9.17) is 5.26 Å². The van der Waals surface area contributed by atoms with Gasteiger partial charge < -0.3 is 0 Å². The van der Waals surface area contributed by atoms with Crippen LogP contribution in [-0.4, -0.2) is 5.75 Å². The molecule has 0 atom stereocenters. The van der Waals surface area contributed by atoms with E-state index in [0.717, 1.165) is 5.75 Å². The van der Waals surface area contributed by atoms with E-state index in [9.17, 15) is 0 Å². The Morgan fingerprint density at radius 2 is 2.38 bits per heavy atom. The molecule has 0 spiro atoms. The Morgan fingerprint density at radius 1 is 1.75 bits per heavy atom. The monoisotopic (exact) mass is 127 g/mol. The summed E-state index contributed by atoms with van der Waals surface area (Å²) in [6.07, 6.45) is 2.04. The molecule has 0 heterocycles. The molecule has 0 N–H and O–H groups in total. The highest BCUT2D eigenvalue weighted by molar-refractivity contribution is 8.03. The second kappa shape index (κ2) is 4.73. The number of rotatable bonds is 2. The van der Waals surface area contributed by atoms with Crippen molar-refractivity contribution in [1.29, 1.82) is 5.26 Å². The van der Waals surface area contributed by atoms with Crippen molar-refractivity contribution in [3.8, 4) is 5.40 Å². The quantitative estimate of drug-likeness (QED) is 0.322. The van der Waals surface area contributed by atoms with E-state index in [0.29, 0.717) is 0 Å². The molecule has 2 heteroatoms. The summed E-state index contributed by atoms with van der Waals surface area (Å²) in [6, 6.07) is 0. The van der Waals surface area contributed by atoms with Crippen LogP contribution in [0.1, 0.15) is 13.8 Å². The van der Waals surface area contributed by atoms with Crippen molar-refractivity contribution >= 4 is 11.8 Å². The fraction of sp³-hybridized carbons (Fsp3) is 0.500. The highest BCUT2D eigenvalue weighted by Gasteiger charge is 1.77. The van der Waals surface area contributed by atoms with Gasteiger partial charge in [0, 0.05) is 5.75 Å². The highest BCUT2D eigenvalue weighted by Crippen LogP contribution is 1.98. The van der Waals surface area contributed by atoms with Crippen molar-refractivity contribution in [1.82, 2.24) is 0 Å². The molecule has 0 aromatic carbocycles. The van der Waals surface area contributed by atoms with Gasteiger partial charge >= 0.3 is 0 Å². The topological polar surface area (TPSA) is 23.8 Å². The van der Waals surface area contributed by atoms with Crippen molar-refractivity contribution in [3.63, 3.8) is 0 Å². The van der Waals surface area contributed by atoms with Gasteiger partial charge in [-0.1, -0.05) is 11.6 Å². The summed E-state index contributed by atoms with van der Waals surface area (Å²) in [6.45, 7) is 4.05. The molecule has 44 valence electrons. The van der Waals surface area contributed by atoms with Crippen LogP contribution in [0.3, 0.4) is 0 Å². The van der Waals surface area contributed by atoms with Crippen LogP contribution in [0, 0.1) is 10.7 Å². The number of allylic oxidation sites excluding steroid dienone is 1. The van der Waals surface area contributed by atoms with Crippen molar-refractivity contribution < 1.29 is 0 Å². The summed E-state index contributed by atoms with van der Waals surface area (Å²) in [7, 11) is 0. The minimum atomic E-state index is 0.818. The molecule has 0 aromatic rings. The fourth-order valence-electron chi connectivity index (χ4n) is 0.246. The molecule has 1 nitrogen and oxygen atoms in total. The maximum Gasteiger partial charge on any atom is 0.133 e. The summed E-state index contributed by atoms with van der Waals surface area (Å²) in [4.78, 5) is 0. The van der Waals surface area contributed by atoms with Crippen LogP contribution in [0.2, 0.25) is 0 Å². The first-order valence-electron chi connectivity index (χ1n) is 2.41. The first-order valence-corrected chi connectivity index (χ1v) is 3.40. The van der Waals surface area contributed by atoms with Gasteiger partial charge in [-0.05, 0) is 25.6 Å². The Morgan fingerprint density at radius 3 is 2.75 bits per heavy atom. The number of nitriles is 1. The summed E-state index contributed by atoms with van der Waals surface area (Å²) in [5.41, 5.74) is 1.27. The predicted molar refractivity (Wildman–Crippen MR) is 37.5 cm³/mol. The second-order valence-electron chi connectivity index (χ2n) is 1.68. The standard InChI is InChI=1S/C6H9NS/c1-6(2)3-4-8-5-7/h3H,4H2,1-2H3. The molecular formula is C6H9NS. The normalized spacial score (nSPS) is 7.62. The van der Waals surface area contributed by atoms with Crippen LogP contribution in [0.25, 0.3) is 0 Å². The lowest BCUT2D eigenvalue weighted by molar-refractivity contribution is 1.37. The lowest BCUT2D eigenvalue weighted by Gasteiger charge is -1.83. The van der Waals surface area contributed by atoms with E-state index in [1.807, 2.05) is 25.3 Å². The zero-order valence-corrected chi connectivity index (χ0v) is 5.96. The fourth-order valence-corrected chi connectivity index (χ4v) is 0.737. The minimum absolute atomic E-state index is 0.818. The van der Waals surface area contributed by atoms with Gasteiger partial charge in [0.25, 0.3) is 0 Å². The maximum absolute atomic E-state index is 8.06. The van der Waals surface area contributed by atoms with Gasteiger partial charge in [-0.25, -0.2) is 0 Å². The zero-order valence-electron chi connectivity index (χ0n) is 5.14. The molecule has 0 aliphatic rings. The number of hydrogen-bond donors (Lipinski definition) is 0. The van der Waals surface area contributed by atoms with Gasteiger partial charge in [-0.2, -0.15) is 5.26 Å². The van der Waals surface area contributed by atoms with E-state index in [2.05, 4.69) is 0 Å². The van der Waals surface area contributed by atoms with E-state index >= 15 is 0 Å². The summed E-state index contributed by atoms with van der Waals surface area (Å²) in [5, 5.41) is 10.1. The van der Waals surface area contributed by atoms with Gasteiger partial charge in [0.05, 0.1) is 0 Å². The Hall–Kier alpha value is -0.420. The van der Waals surface area contributed by atoms with Gasteiger partial charge in [0.2, 0.25) is 0 Å². The molecule has 0 fully saturated rings. The first-order chi connectivity index (χ1) is 3.77. The lowest BCUT2D eigenvalue weighted by atomic mass is 10.3. The number of nitrogens with zero attached hydrogens (tertiary/aromatic N) is 1. The molecule has 8 heavy (non-hydrogen) atoms. The number of thioether (sulfide) groups is 1. The first kappa shape index (κ1) is 7.58. The van der Waals surface area contributed by atoms with Gasteiger partial charge in [0.15, 0.2) is 0 Å². The Balaban J connectivity index is 3.20. The maximum atomic E-state index is 8.06. The van der Waals surface area contributed by atoms with Crippen LogP contribution in [0.5, 0.6) is 0 Å². The van der Waals surface area contributed by atoms with Crippen molar-refractivity contribution in [3.05, 3.63) is 11.6 Å². The largest absolute Gasteiger partial charge is 0.185 e. The van der Waals surface area contributed by atoms with Crippen LogP contribution >= 0.6 is 11.8 Å². The summed E-state index contributed by atoms with van der Waals surface area (Å²) in [5.74, 6) is 0.818. The minimum Gasteiger partial charge on any atom is -0.185 e. The molecule has 0 rings (SSSR count). The molecule has 0 amide bonds. The molecule has 0 radical (unpaired) electrons. The number of thiocyanates is 1. The van der Waals surface area contributed by atoms with E-state index in [1.54, 1.807) is 0 Å². The molecule has 0 saturated carbocycles. The second-order valence-corrected chi connectivity index (χ2v) is 2.49. The predicted octanol–water partition coefficient (Wildman–Crippen LogP) is 2.17. The number of hydrogen-bond acceptors (Lipinski definition) is 2. The molecule has 0 aliphatic heterocycles. The highest BCUT2D eigenvalue weighted by atomic mass is 32.2. The summed E-state index contributed by atoms with van der Waals surface area (Å²) >= 11 is 1.27. The molecule has 0 unspecified atom stereocenters. The SMILES string of the molecule is CC(C)=CCSC#N. The van der Waals surface area contributed by atoms with Crippen LogP contribution in [0.15, 0.2) is 11.6 Å². The van der Waals surface area contributed by atoms with Gasteiger partial charge in [0.1, 0.15) is 5.40 Å². The Kier molecular flexibility index (Phi) is 4.48. The molecule has 0 aromatic heterocycles. The molecule has 0 aliphatic carbocycles. The van der Waals surface area contributed by atoms with Gasteiger partial charge in [-0.3, -0.25) is 0 Å². The smallest absolute Gasteiger partial charge is 0.133 e. The molecule has 0 bridgehead atoms. The van der Waals surface area contributed by atoms with E-state index in [1.165, 1.54) is 17.3 Å². The zero-order chi connectivity index (χ0) is 6.41. The van der Waals surface area contributed by atoms with Crippen LogP contribution in [-0.2, 0) is 0 Å². The third-order valence-electron chi connectivity index (χ3n) is 0.639. The Bertz CT molecular complexity index is 117.